The molecule has 6 heteroatoms. The molecule has 5 nitrogen and oxygen atoms in total. The lowest BCUT2D eigenvalue weighted by atomic mass is 9.99. The Hall–Kier alpha value is -2.86. The highest BCUT2D eigenvalue weighted by Gasteiger charge is 2.25. The maximum absolute atomic E-state index is 13.3. The number of carbonyl (C=O) groups excluding carboxylic acids is 1. The average Bonchev–Trinajstić information content (AvgIpc) is 2.98. The molecule has 150 valence electrons. The summed E-state index contributed by atoms with van der Waals surface area (Å²) in [6.07, 6.45) is 5.61. The smallest absolute Gasteiger partial charge is 0.331 e. The maximum Gasteiger partial charge on any atom is 0.331 e. The van der Waals surface area contributed by atoms with Crippen LogP contribution >= 0.6 is 0 Å². The van der Waals surface area contributed by atoms with E-state index in [-0.39, 0.29) is 10.9 Å². The molecule has 0 unspecified atom stereocenters. The zero-order chi connectivity index (χ0) is 20.6. The highest BCUT2D eigenvalue weighted by Crippen LogP contribution is 2.37. The monoisotopic (exact) mass is 409 g/mol. The van der Waals surface area contributed by atoms with Gasteiger partial charge in [-0.05, 0) is 68.0 Å². The zero-order valence-corrected chi connectivity index (χ0v) is 17.3. The van der Waals surface area contributed by atoms with Crippen molar-refractivity contribution in [3.63, 3.8) is 0 Å². The number of benzene rings is 2. The predicted molar refractivity (Wildman–Crippen MR) is 113 cm³/mol. The summed E-state index contributed by atoms with van der Waals surface area (Å²) in [7, 11) is -3.72. The van der Waals surface area contributed by atoms with E-state index < -0.39 is 10.0 Å². The van der Waals surface area contributed by atoms with Crippen LogP contribution in [0.2, 0.25) is 0 Å². The second-order valence-electron chi connectivity index (χ2n) is 7.24. The van der Waals surface area contributed by atoms with Crippen LogP contribution in [0.3, 0.4) is 0 Å². The summed E-state index contributed by atoms with van der Waals surface area (Å²) in [5, 5.41) is 0.899. The first kappa shape index (κ1) is 19.5. The molecule has 1 aliphatic rings. The minimum Gasteiger partial charge on any atom is -0.463 e. The minimum absolute atomic E-state index is 0.260. The molecule has 1 aliphatic carbocycles. The molecule has 1 heterocycles. The van der Waals surface area contributed by atoms with Crippen LogP contribution in [0.1, 0.15) is 36.5 Å². The van der Waals surface area contributed by atoms with E-state index in [1.165, 1.54) is 3.97 Å². The van der Waals surface area contributed by atoms with E-state index in [1.54, 1.807) is 43.5 Å². The van der Waals surface area contributed by atoms with Crippen LogP contribution in [0, 0.1) is 6.92 Å². The van der Waals surface area contributed by atoms with Crippen molar-refractivity contribution in [1.82, 2.24) is 3.97 Å². The standard InChI is InChI=1S/C23H23NO4S/c1-3-28-22(25)14-17-6-4-7-18-15-24(21-9-5-8-20(17)23(18)21)29(26,27)19-12-10-16(2)11-13-19/h5,8-15H,3-4,6-7H2,1-2H3/b17-14-. The Morgan fingerprint density at radius 2 is 1.90 bits per heavy atom. The number of rotatable bonds is 4. The molecule has 0 saturated carbocycles. The van der Waals surface area contributed by atoms with Gasteiger partial charge >= 0.3 is 5.97 Å². The number of allylic oxidation sites excluding steroid dienone is 1. The van der Waals surface area contributed by atoms with Gasteiger partial charge in [0.15, 0.2) is 0 Å². The molecule has 1 aromatic heterocycles. The SMILES string of the molecule is CCOC(=O)/C=C1/CCCc2cn(S(=O)(=O)c3ccc(C)cc3)c3cccc1c23. The van der Waals surface area contributed by atoms with Crippen molar-refractivity contribution in [2.24, 2.45) is 0 Å². The number of aryl methyl sites for hydroxylation is 2. The third kappa shape index (κ3) is 3.49. The van der Waals surface area contributed by atoms with Crippen LogP contribution in [-0.2, 0) is 26.0 Å². The number of hydrogen-bond donors (Lipinski definition) is 0. The Kier molecular flexibility index (Phi) is 5.04. The van der Waals surface area contributed by atoms with E-state index >= 15 is 0 Å². The van der Waals surface area contributed by atoms with E-state index in [0.717, 1.165) is 46.9 Å². The molecule has 0 bridgehead atoms. The predicted octanol–water partition coefficient (Wildman–Crippen LogP) is 4.47. The summed E-state index contributed by atoms with van der Waals surface area (Å²) in [6, 6.07) is 12.5. The molecular weight excluding hydrogens is 386 g/mol. The molecule has 0 atom stereocenters. The van der Waals surface area contributed by atoms with Crippen molar-refractivity contribution >= 4 is 32.5 Å². The van der Waals surface area contributed by atoms with Crippen LogP contribution in [0.15, 0.2) is 59.6 Å². The molecule has 3 aromatic rings. The molecule has 4 rings (SSSR count). The second kappa shape index (κ2) is 7.52. The number of hydrogen-bond acceptors (Lipinski definition) is 4. The lowest BCUT2D eigenvalue weighted by Gasteiger charge is -2.10. The highest BCUT2D eigenvalue weighted by atomic mass is 32.2. The normalized spacial score (nSPS) is 15.4. The third-order valence-electron chi connectivity index (χ3n) is 5.27. The Bertz CT molecular complexity index is 1220. The number of esters is 1. The first-order chi connectivity index (χ1) is 13.9. The first-order valence-corrected chi connectivity index (χ1v) is 11.2. The van der Waals surface area contributed by atoms with Gasteiger partial charge in [0.2, 0.25) is 0 Å². The van der Waals surface area contributed by atoms with Gasteiger partial charge in [-0.1, -0.05) is 29.8 Å². The molecule has 0 fully saturated rings. The second-order valence-corrected chi connectivity index (χ2v) is 9.06. The van der Waals surface area contributed by atoms with Gasteiger partial charge in [0, 0.05) is 17.7 Å². The molecule has 29 heavy (non-hydrogen) atoms. The summed E-state index contributed by atoms with van der Waals surface area (Å²) >= 11 is 0. The Morgan fingerprint density at radius 1 is 1.14 bits per heavy atom. The summed E-state index contributed by atoms with van der Waals surface area (Å²) < 4.78 is 33.1. The Morgan fingerprint density at radius 3 is 2.62 bits per heavy atom. The zero-order valence-electron chi connectivity index (χ0n) is 16.5. The van der Waals surface area contributed by atoms with Crippen molar-refractivity contribution in [3.05, 3.63) is 71.4 Å². The first-order valence-electron chi connectivity index (χ1n) is 9.74. The van der Waals surface area contributed by atoms with Crippen LogP contribution in [0.4, 0.5) is 0 Å². The molecular formula is C23H23NO4S. The van der Waals surface area contributed by atoms with Crippen LogP contribution in [-0.4, -0.2) is 25.0 Å². The van der Waals surface area contributed by atoms with Gasteiger partial charge in [-0.2, -0.15) is 0 Å². The number of ether oxygens (including phenoxy) is 1. The lowest BCUT2D eigenvalue weighted by Crippen LogP contribution is -2.12. The largest absolute Gasteiger partial charge is 0.463 e. The fraction of sp³-hybridized carbons (Fsp3) is 0.261. The minimum atomic E-state index is -3.72. The van der Waals surface area contributed by atoms with E-state index in [2.05, 4.69) is 0 Å². The summed E-state index contributed by atoms with van der Waals surface area (Å²) in [5.74, 6) is -0.366. The van der Waals surface area contributed by atoms with Gasteiger partial charge in [-0.25, -0.2) is 17.2 Å². The van der Waals surface area contributed by atoms with Gasteiger partial charge < -0.3 is 4.74 Å². The Balaban J connectivity index is 1.91. The van der Waals surface area contributed by atoms with Gasteiger partial charge in [0.25, 0.3) is 10.0 Å². The molecule has 0 aliphatic heterocycles. The molecule has 0 N–H and O–H groups in total. The number of nitrogens with zero attached hydrogens (tertiary/aromatic N) is 1. The number of aromatic nitrogens is 1. The summed E-state index contributed by atoms with van der Waals surface area (Å²) in [6.45, 7) is 4.02. The summed E-state index contributed by atoms with van der Waals surface area (Å²) in [5.41, 5.74) is 4.42. The van der Waals surface area contributed by atoms with E-state index in [0.29, 0.717) is 12.1 Å². The Labute approximate surface area is 170 Å². The van der Waals surface area contributed by atoms with Crippen molar-refractivity contribution in [3.8, 4) is 0 Å². The van der Waals surface area contributed by atoms with Crippen molar-refractivity contribution in [2.75, 3.05) is 6.61 Å². The third-order valence-corrected chi connectivity index (χ3v) is 6.96. The molecule has 0 amide bonds. The fourth-order valence-corrected chi connectivity index (χ4v) is 5.28. The van der Waals surface area contributed by atoms with Gasteiger partial charge in [-0.3, -0.25) is 0 Å². The van der Waals surface area contributed by atoms with Gasteiger partial charge in [0.05, 0.1) is 17.0 Å². The lowest BCUT2D eigenvalue weighted by molar-refractivity contribution is -0.137. The molecule has 2 aromatic carbocycles. The van der Waals surface area contributed by atoms with Crippen molar-refractivity contribution < 1.29 is 17.9 Å². The van der Waals surface area contributed by atoms with E-state index in [9.17, 15) is 13.2 Å². The van der Waals surface area contributed by atoms with Crippen LogP contribution in [0.5, 0.6) is 0 Å². The van der Waals surface area contributed by atoms with Gasteiger partial charge in [-0.15, -0.1) is 0 Å². The highest BCUT2D eigenvalue weighted by molar-refractivity contribution is 7.90. The fourth-order valence-electron chi connectivity index (χ4n) is 3.90. The van der Waals surface area contributed by atoms with Crippen molar-refractivity contribution in [1.29, 1.82) is 0 Å². The molecule has 0 radical (unpaired) electrons. The van der Waals surface area contributed by atoms with Gasteiger partial charge in [0.1, 0.15) is 0 Å². The quantitative estimate of drug-likeness (QED) is 0.471. The summed E-state index contributed by atoms with van der Waals surface area (Å²) in [4.78, 5) is 12.3. The van der Waals surface area contributed by atoms with E-state index in [1.807, 2.05) is 25.1 Å². The van der Waals surface area contributed by atoms with Crippen LogP contribution < -0.4 is 0 Å². The average molecular weight is 410 g/mol. The van der Waals surface area contributed by atoms with E-state index in [4.69, 9.17) is 4.74 Å². The molecule has 0 spiro atoms. The topological polar surface area (TPSA) is 65.4 Å². The molecule has 0 saturated heterocycles. The number of carbonyl (C=O) groups is 1. The maximum atomic E-state index is 13.3. The van der Waals surface area contributed by atoms with Crippen LogP contribution in [0.25, 0.3) is 16.5 Å². The van der Waals surface area contributed by atoms with Crippen molar-refractivity contribution in [2.45, 2.75) is 38.0 Å².